The topological polar surface area (TPSA) is 99.5 Å². The number of halogens is 4. The monoisotopic (exact) mass is 417 g/mol. The quantitative estimate of drug-likeness (QED) is 0.549. The van der Waals surface area contributed by atoms with Gasteiger partial charge in [-0.2, -0.15) is 5.10 Å². The zero-order chi connectivity index (χ0) is 21.7. The maximum absolute atomic E-state index is 13.0. The summed E-state index contributed by atoms with van der Waals surface area (Å²) in [5, 5.41) is 5.59. The van der Waals surface area contributed by atoms with Crippen LogP contribution in [0.4, 0.5) is 23.2 Å². The number of carbonyl (C=O) groups excluding carboxylic acids is 3. The molecule has 1 heterocycles. The summed E-state index contributed by atoms with van der Waals surface area (Å²) in [6.45, 7) is -0.803. The van der Waals surface area contributed by atoms with Crippen LogP contribution < -0.4 is 5.32 Å². The molecule has 12 heteroatoms. The van der Waals surface area contributed by atoms with Crippen molar-refractivity contribution < 1.29 is 41.4 Å². The maximum atomic E-state index is 13.0. The van der Waals surface area contributed by atoms with Crippen molar-refractivity contribution in [3.63, 3.8) is 0 Å². The molecule has 0 aliphatic heterocycles. The zero-order valence-corrected chi connectivity index (χ0v) is 15.1. The van der Waals surface area contributed by atoms with E-state index < -0.39 is 48.6 Å². The van der Waals surface area contributed by atoms with Gasteiger partial charge < -0.3 is 14.8 Å². The largest absolute Gasteiger partial charge is 0.465 e. The van der Waals surface area contributed by atoms with Crippen LogP contribution in [0.2, 0.25) is 0 Å². The highest BCUT2D eigenvalue weighted by Crippen LogP contribution is 2.25. The Labute approximate surface area is 161 Å². The Morgan fingerprint density at radius 1 is 0.966 bits per heavy atom. The Bertz CT molecular complexity index is 896. The summed E-state index contributed by atoms with van der Waals surface area (Å²) in [4.78, 5) is 35.7. The van der Waals surface area contributed by atoms with Crippen molar-refractivity contribution in [2.45, 2.75) is 19.4 Å². The molecule has 0 unspecified atom stereocenters. The molecule has 0 atom stereocenters. The minimum atomic E-state index is -3.13. The minimum Gasteiger partial charge on any atom is -0.465 e. The van der Waals surface area contributed by atoms with E-state index in [4.69, 9.17) is 0 Å². The summed E-state index contributed by atoms with van der Waals surface area (Å²) in [5.41, 5.74) is -1.96. The van der Waals surface area contributed by atoms with Gasteiger partial charge in [-0.1, -0.05) is 0 Å². The van der Waals surface area contributed by atoms with E-state index in [1.165, 1.54) is 18.2 Å². The Hall–Kier alpha value is -3.44. The van der Waals surface area contributed by atoms with Gasteiger partial charge in [0.15, 0.2) is 0 Å². The lowest BCUT2D eigenvalue weighted by Gasteiger charge is -2.11. The second-order valence-corrected chi connectivity index (χ2v) is 5.58. The zero-order valence-electron chi connectivity index (χ0n) is 15.1. The van der Waals surface area contributed by atoms with Crippen LogP contribution in [-0.4, -0.2) is 41.8 Å². The van der Waals surface area contributed by atoms with Gasteiger partial charge in [0.05, 0.1) is 25.3 Å². The number of alkyl halides is 4. The van der Waals surface area contributed by atoms with Gasteiger partial charge in [-0.15, -0.1) is 0 Å². The molecule has 1 aromatic heterocycles. The van der Waals surface area contributed by atoms with Gasteiger partial charge in [0.1, 0.15) is 17.9 Å². The number of benzene rings is 1. The van der Waals surface area contributed by atoms with E-state index in [1.807, 2.05) is 0 Å². The molecule has 0 saturated heterocycles. The molecule has 0 spiro atoms. The first-order valence-corrected chi connectivity index (χ1v) is 7.91. The van der Waals surface area contributed by atoms with E-state index in [1.54, 1.807) is 0 Å². The summed E-state index contributed by atoms with van der Waals surface area (Å²) in [6.07, 6.45) is -6.22. The lowest BCUT2D eigenvalue weighted by atomic mass is 10.1. The van der Waals surface area contributed by atoms with Gasteiger partial charge in [0.2, 0.25) is 5.91 Å². The van der Waals surface area contributed by atoms with Crippen molar-refractivity contribution in [1.29, 1.82) is 0 Å². The molecule has 8 nitrogen and oxygen atoms in total. The van der Waals surface area contributed by atoms with E-state index in [9.17, 15) is 31.9 Å². The van der Waals surface area contributed by atoms with Gasteiger partial charge in [0.25, 0.3) is 12.9 Å². The molecule has 0 saturated carbocycles. The molecule has 0 aliphatic rings. The highest BCUT2D eigenvalue weighted by atomic mass is 19.3. The smallest absolute Gasteiger partial charge is 0.337 e. The van der Waals surface area contributed by atoms with Gasteiger partial charge in [-0.3, -0.25) is 9.48 Å². The normalized spacial score (nSPS) is 10.9. The van der Waals surface area contributed by atoms with Gasteiger partial charge in [-0.25, -0.2) is 27.2 Å². The molecule has 0 fully saturated rings. The van der Waals surface area contributed by atoms with Crippen molar-refractivity contribution in [2.24, 2.45) is 0 Å². The van der Waals surface area contributed by atoms with Crippen LogP contribution in [-0.2, 0) is 20.8 Å². The third-order valence-corrected chi connectivity index (χ3v) is 3.63. The molecule has 0 radical (unpaired) electrons. The number of hydrogen-bond acceptors (Lipinski definition) is 6. The van der Waals surface area contributed by atoms with Crippen LogP contribution in [0.3, 0.4) is 0 Å². The highest BCUT2D eigenvalue weighted by molar-refractivity contribution is 5.99. The Kier molecular flexibility index (Phi) is 6.91. The average Bonchev–Trinajstić information content (AvgIpc) is 3.10. The Morgan fingerprint density at radius 3 is 1.97 bits per heavy atom. The van der Waals surface area contributed by atoms with Gasteiger partial charge in [-0.05, 0) is 24.3 Å². The summed E-state index contributed by atoms with van der Waals surface area (Å²) in [6, 6.07) is 4.04. The fourth-order valence-electron chi connectivity index (χ4n) is 2.37. The first kappa shape index (κ1) is 21.9. The molecule has 1 aromatic carbocycles. The molecule has 2 aromatic rings. The van der Waals surface area contributed by atoms with E-state index in [2.05, 4.69) is 19.9 Å². The lowest BCUT2D eigenvalue weighted by Crippen LogP contribution is -2.21. The third-order valence-electron chi connectivity index (χ3n) is 3.63. The number of esters is 2. The molecule has 0 aliphatic carbocycles. The number of carbonyl (C=O) groups is 3. The van der Waals surface area contributed by atoms with Crippen LogP contribution >= 0.6 is 0 Å². The van der Waals surface area contributed by atoms with E-state index in [0.717, 1.165) is 14.2 Å². The molecule has 0 bridgehead atoms. The number of aromatic nitrogens is 2. The third kappa shape index (κ3) is 5.30. The van der Waals surface area contributed by atoms with Crippen LogP contribution in [0.25, 0.3) is 0 Å². The van der Waals surface area contributed by atoms with Crippen LogP contribution in [0.5, 0.6) is 0 Å². The number of amides is 1. The predicted octanol–water partition coefficient (Wildman–Crippen LogP) is 2.97. The Balaban J connectivity index is 2.28. The molecular weight excluding hydrogens is 402 g/mol. The number of nitrogens with zero attached hydrogens (tertiary/aromatic N) is 2. The van der Waals surface area contributed by atoms with Crippen LogP contribution in [0.1, 0.15) is 45.0 Å². The maximum Gasteiger partial charge on any atom is 0.337 e. The molecule has 1 N–H and O–H groups in total. The number of rotatable bonds is 7. The number of ether oxygens (including phenoxy) is 2. The SMILES string of the molecule is COC(=O)c1cc(NC(=O)Cn2nc(C(F)F)cc2C(F)F)cc(C(=O)OC)c1. The van der Waals surface area contributed by atoms with Crippen molar-refractivity contribution in [1.82, 2.24) is 9.78 Å². The minimum absolute atomic E-state index is 0.0434. The highest BCUT2D eigenvalue weighted by Gasteiger charge is 2.23. The van der Waals surface area contributed by atoms with Crippen molar-refractivity contribution in [3.05, 3.63) is 46.8 Å². The molecule has 1 amide bonds. The number of methoxy groups -OCH3 is 2. The molecule has 2 rings (SSSR count). The van der Waals surface area contributed by atoms with E-state index >= 15 is 0 Å². The van der Waals surface area contributed by atoms with Crippen molar-refractivity contribution >= 4 is 23.5 Å². The summed E-state index contributed by atoms with van der Waals surface area (Å²) in [5.74, 6) is -2.52. The van der Waals surface area contributed by atoms with Gasteiger partial charge >= 0.3 is 11.9 Å². The van der Waals surface area contributed by atoms with Crippen molar-refractivity contribution in [2.75, 3.05) is 19.5 Å². The van der Waals surface area contributed by atoms with E-state index in [-0.39, 0.29) is 16.8 Å². The van der Waals surface area contributed by atoms with Gasteiger partial charge in [0, 0.05) is 5.69 Å². The van der Waals surface area contributed by atoms with E-state index in [0.29, 0.717) is 10.7 Å². The summed E-state index contributed by atoms with van der Waals surface area (Å²) in [7, 11) is 2.21. The second kappa shape index (κ2) is 9.17. The molecular formula is C17H15F4N3O5. The predicted molar refractivity (Wildman–Crippen MR) is 89.9 cm³/mol. The van der Waals surface area contributed by atoms with Crippen LogP contribution in [0, 0.1) is 0 Å². The first-order valence-electron chi connectivity index (χ1n) is 7.91. The summed E-state index contributed by atoms with van der Waals surface area (Å²) < 4.78 is 61.0. The first-order chi connectivity index (χ1) is 13.7. The summed E-state index contributed by atoms with van der Waals surface area (Å²) >= 11 is 0. The number of nitrogens with one attached hydrogen (secondary N) is 1. The second-order valence-electron chi connectivity index (χ2n) is 5.58. The van der Waals surface area contributed by atoms with Crippen LogP contribution in [0.15, 0.2) is 24.3 Å². The average molecular weight is 417 g/mol. The Morgan fingerprint density at radius 2 is 1.52 bits per heavy atom. The molecule has 156 valence electrons. The fourth-order valence-corrected chi connectivity index (χ4v) is 2.37. The standard InChI is InChI=1S/C17H15F4N3O5/c1-28-16(26)8-3-9(17(27)29-2)5-10(4-8)22-13(25)7-24-12(15(20)21)6-11(23-24)14(18)19/h3-6,14-15H,7H2,1-2H3,(H,22,25). The molecule has 29 heavy (non-hydrogen) atoms. The number of anilines is 1. The fraction of sp³-hybridized carbons (Fsp3) is 0.294. The lowest BCUT2D eigenvalue weighted by molar-refractivity contribution is -0.117. The van der Waals surface area contributed by atoms with Crippen molar-refractivity contribution in [3.8, 4) is 0 Å². The number of hydrogen-bond donors (Lipinski definition) is 1.